The number of amides is 2. The van der Waals surface area contributed by atoms with Gasteiger partial charge in [0.2, 0.25) is 11.8 Å². The SMILES string of the molecule is O=C1CC(c2ccc(Cl)cc2)CC(=O)N1CCCCl. The van der Waals surface area contributed by atoms with Crippen molar-refractivity contribution in [1.29, 1.82) is 0 Å². The molecule has 5 heteroatoms. The normalized spacial score (nSPS) is 17.1. The lowest BCUT2D eigenvalue weighted by Crippen LogP contribution is -2.43. The van der Waals surface area contributed by atoms with Crippen LogP contribution in [0.15, 0.2) is 24.3 Å². The number of hydrogen-bond donors (Lipinski definition) is 0. The number of rotatable bonds is 4. The van der Waals surface area contributed by atoms with Gasteiger partial charge in [0.05, 0.1) is 0 Å². The molecule has 19 heavy (non-hydrogen) atoms. The summed E-state index contributed by atoms with van der Waals surface area (Å²) in [7, 11) is 0. The molecule has 0 unspecified atom stereocenters. The second kappa shape index (κ2) is 6.40. The summed E-state index contributed by atoms with van der Waals surface area (Å²) in [5, 5.41) is 0.654. The van der Waals surface area contributed by atoms with Crippen LogP contribution in [0.4, 0.5) is 0 Å². The summed E-state index contributed by atoms with van der Waals surface area (Å²) in [5.41, 5.74) is 0.989. The molecule has 1 aromatic rings. The summed E-state index contributed by atoms with van der Waals surface area (Å²) in [5.74, 6) is 0.199. The van der Waals surface area contributed by atoms with Crippen molar-refractivity contribution >= 4 is 35.0 Å². The van der Waals surface area contributed by atoms with Crippen LogP contribution in [0.25, 0.3) is 0 Å². The molecule has 2 rings (SSSR count). The molecule has 2 amide bonds. The number of carbonyl (C=O) groups excluding carboxylic acids is 2. The van der Waals surface area contributed by atoms with Gasteiger partial charge in [0, 0.05) is 36.2 Å². The minimum atomic E-state index is -0.110. The van der Waals surface area contributed by atoms with E-state index in [0.717, 1.165) is 5.56 Å². The fraction of sp³-hybridized carbons (Fsp3) is 0.429. The van der Waals surface area contributed by atoms with Gasteiger partial charge in [0.25, 0.3) is 0 Å². The van der Waals surface area contributed by atoms with Crippen molar-refractivity contribution in [2.45, 2.75) is 25.2 Å². The Morgan fingerprint density at radius 2 is 1.68 bits per heavy atom. The molecule has 1 aliphatic heterocycles. The maximum atomic E-state index is 12.0. The number of benzene rings is 1. The fourth-order valence-corrected chi connectivity index (χ4v) is 2.54. The van der Waals surface area contributed by atoms with Gasteiger partial charge in [-0.25, -0.2) is 0 Å². The molecular weight excluding hydrogens is 285 g/mol. The van der Waals surface area contributed by atoms with Crippen molar-refractivity contribution in [2.24, 2.45) is 0 Å². The number of piperidine rings is 1. The molecular formula is C14H15Cl2NO2. The summed E-state index contributed by atoms with van der Waals surface area (Å²) in [6.45, 7) is 0.425. The van der Waals surface area contributed by atoms with E-state index in [1.165, 1.54) is 4.90 Å². The Kier molecular flexibility index (Phi) is 4.83. The first-order valence-electron chi connectivity index (χ1n) is 6.26. The molecule has 1 saturated heterocycles. The highest BCUT2D eigenvalue weighted by atomic mass is 35.5. The molecule has 3 nitrogen and oxygen atoms in total. The quantitative estimate of drug-likeness (QED) is 0.632. The van der Waals surface area contributed by atoms with Crippen LogP contribution in [-0.4, -0.2) is 29.1 Å². The molecule has 1 aromatic carbocycles. The van der Waals surface area contributed by atoms with Crippen molar-refractivity contribution in [3.8, 4) is 0 Å². The molecule has 0 radical (unpaired) electrons. The summed E-state index contributed by atoms with van der Waals surface area (Å²) < 4.78 is 0. The van der Waals surface area contributed by atoms with Gasteiger partial charge >= 0.3 is 0 Å². The molecule has 0 saturated carbocycles. The lowest BCUT2D eigenvalue weighted by molar-refractivity contribution is -0.148. The largest absolute Gasteiger partial charge is 0.283 e. The zero-order valence-corrected chi connectivity index (χ0v) is 12.0. The van der Waals surface area contributed by atoms with Crippen LogP contribution >= 0.6 is 23.2 Å². The molecule has 0 aromatic heterocycles. The van der Waals surface area contributed by atoms with Gasteiger partial charge in [0.1, 0.15) is 0 Å². The zero-order valence-electron chi connectivity index (χ0n) is 10.4. The Labute approximate surface area is 122 Å². The molecule has 1 heterocycles. The van der Waals surface area contributed by atoms with Gasteiger partial charge in [-0.05, 0) is 24.1 Å². The van der Waals surface area contributed by atoms with E-state index in [1.807, 2.05) is 12.1 Å². The summed E-state index contributed by atoms with van der Waals surface area (Å²) in [6, 6.07) is 7.32. The number of likely N-dealkylation sites (tertiary alicyclic amines) is 1. The van der Waals surface area contributed by atoms with Gasteiger partial charge < -0.3 is 0 Å². The second-order valence-electron chi connectivity index (χ2n) is 4.64. The smallest absolute Gasteiger partial charge is 0.229 e. The highest BCUT2D eigenvalue weighted by Gasteiger charge is 2.32. The average Bonchev–Trinajstić information content (AvgIpc) is 2.38. The van der Waals surface area contributed by atoms with E-state index < -0.39 is 0 Å². The number of halogens is 2. The maximum Gasteiger partial charge on any atom is 0.229 e. The third-order valence-electron chi connectivity index (χ3n) is 3.30. The summed E-state index contributed by atoms with van der Waals surface area (Å²) >= 11 is 11.4. The van der Waals surface area contributed by atoms with Crippen LogP contribution in [-0.2, 0) is 9.59 Å². The molecule has 0 aliphatic carbocycles. The van der Waals surface area contributed by atoms with Crippen LogP contribution in [0.2, 0.25) is 5.02 Å². The van der Waals surface area contributed by atoms with E-state index in [-0.39, 0.29) is 17.7 Å². The van der Waals surface area contributed by atoms with Crippen molar-refractivity contribution in [2.75, 3.05) is 12.4 Å². The third-order valence-corrected chi connectivity index (χ3v) is 3.82. The lowest BCUT2D eigenvalue weighted by Gasteiger charge is -2.30. The average molecular weight is 300 g/mol. The van der Waals surface area contributed by atoms with Crippen LogP contribution in [0, 0.1) is 0 Å². The molecule has 0 atom stereocenters. The zero-order chi connectivity index (χ0) is 13.8. The number of carbonyl (C=O) groups is 2. The first-order chi connectivity index (χ1) is 9.11. The topological polar surface area (TPSA) is 37.4 Å². The van der Waals surface area contributed by atoms with Crippen LogP contribution in [0.5, 0.6) is 0 Å². The van der Waals surface area contributed by atoms with Gasteiger partial charge in [-0.15, -0.1) is 11.6 Å². The molecule has 0 N–H and O–H groups in total. The van der Waals surface area contributed by atoms with E-state index in [4.69, 9.17) is 23.2 Å². The van der Waals surface area contributed by atoms with Gasteiger partial charge in [-0.1, -0.05) is 23.7 Å². The molecule has 0 bridgehead atoms. The van der Waals surface area contributed by atoms with E-state index in [2.05, 4.69) is 0 Å². The monoisotopic (exact) mass is 299 g/mol. The predicted octanol–water partition coefficient (Wildman–Crippen LogP) is 3.20. The van der Waals surface area contributed by atoms with E-state index in [1.54, 1.807) is 12.1 Å². The number of imide groups is 1. The predicted molar refractivity (Wildman–Crippen MR) is 75.5 cm³/mol. The standard InChI is InChI=1S/C14H15Cl2NO2/c15-6-1-7-17-13(18)8-11(9-14(17)19)10-2-4-12(16)5-3-10/h2-5,11H,1,6-9H2. The van der Waals surface area contributed by atoms with Crippen LogP contribution < -0.4 is 0 Å². The van der Waals surface area contributed by atoms with E-state index in [0.29, 0.717) is 36.7 Å². The van der Waals surface area contributed by atoms with Crippen molar-refractivity contribution in [3.05, 3.63) is 34.9 Å². The first-order valence-corrected chi connectivity index (χ1v) is 7.17. The highest BCUT2D eigenvalue weighted by Crippen LogP contribution is 2.30. The van der Waals surface area contributed by atoms with Crippen molar-refractivity contribution in [1.82, 2.24) is 4.90 Å². The fourth-order valence-electron chi connectivity index (χ4n) is 2.29. The molecule has 0 spiro atoms. The minimum Gasteiger partial charge on any atom is -0.283 e. The Balaban J connectivity index is 2.06. The van der Waals surface area contributed by atoms with Gasteiger partial charge in [0.15, 0.2) is 0 Å². The third kappa shape index (κ3) is 3.48. The Bertz CT molecular complexity index is 455. The maximum absolute atomic E-state index is 12.0. The van der Waals surface area contributed by atoms with Crippen molar-refractivity contribution in [3.63, 3.8) is 0 Å². The van der Waals surface area contributed by atoms with Crippen LogP contribution in [0.1, 0.15) is 30.7 Å². The number of nitrogens with zero attached hydrogens (tertiary/aromatic N) is 1. The van der Waals surface area contributed by atoms with Gasteiger partial charge in [-0.2, -0.15) is 0 Å². The molecule has 102 valence electrons. The summed E-state index contributed by atoms with van der Waals surface area (Å²) in [6.07, 6.45) is 1.38. The highest BCUT2D eigenvalue weighted by molar-refractivity contribution is 6.30. The van der Waals surface area contributed by atoms with E-state index in [9.17, 15) is 9.59 Å². The van der Waals surface area contributed by atoms with Crippen molar-refractivity contribution < 1.29 is 9.59 Å². The van der Waals surface area contributed by atoms with E-state index >= 15 is 0 Å². The molecule has 1 aliphatic rings. The lowest BCUT2D eigenvalue weighted by atomic mass is 9.88. The number of alkyl halides is 1. The first kappa shape index (κ1) is 14.4. The molecule has 1 fully saturated rings. The van der Waals surface area contributed by atoms with Crippen LogP contribution in [0.3, 0.4) is 0 Å². The van der Waals surface area contributed by atoms with Gasteiger partial charge in [-0.3, -0.25) is 14.5 Å². The minimum absolute atomic E-state index is 0.0375. The Morgan fingerprint density at radius 1 is 1.11 bits per heavy atom. The Morgan fingerprint density at radius 3 is 2.21 bits per heavy atom. The Hall–Kier alpha value is -1.06. The second-order valence-corrected chi connectivity index (χ2v) is 5.45. The number of hydrogen-bond acceptors (Lipinski definition) is 2. The summed E-state index contributed by atoms with van der Waals surface area (Å²) in [4.78, 5) is 25.3.